The summed E-state index contributed by atoms with van der Waals surface area (Å²) >= 11 is 0. The summed E-state index contributed by atoms with van der Waals surface area (Å²) < 4.78 is 23.9. The van der Waals surface area contributed by atoms with Gasteiger partial charge in [-0.3, -0.25) is 4.79 Å². The molecule has 3 rings (SSSR count). The summed E-state index contributed by atoms with van der Waals surface area (Å²) in [5, 5.41) is 2.75. The maximum Gasteiger partial charge on any atom is 0.291 e. The maximum absolute atomic E-state index is 13.0. The number of rotatable bonds is 5. The average Bonchev–Trinajstić information content (AvgIpc) is 3.08. The molecular formula is C19H16FNO3. The molecule has 0 aliphatic carbocycles. The molecule has 24 heavy (non-hydrogen) atoms. The molecule has 1 aromatic heterocycles. The number of furan rings is 1. The number of ether oxygens (including phenoxy) is 1. The first-order valence-corrected chi connectivity index (χ1v) is 7.55. The Morgan fingerprint density at radius 3 is 2.42 bits per heavy atom. The van der Waals surface area contributed by atoms with Gasteiger partial charge in [-0.1, -0.05) is 0 Å². The number of hydrogen-bond donors (Lipinski definition) is 1. The molecule has 0 spiro atoms. The highest BCUT2D eigenvalue weighted by atomic mass is 19.1. The van der Waals surface area contributed by atoms with E-state index in [1.165, 1.54) is 12.1 Å². The second kappa shape index (κ2) is 7.00. The molecule has 0 unspecified atom stereocenters. The number of carbonyl (C=O) groups excluding carboxylic acids is 1. The van der Waals surface area contributed by atoms with Crippen LogP contribution in [0.25, 0.3) is 11.3 Å². The molecule has 0 radical (unpaired) electrons. The number of benzene rings is 2. The third kappa shape index (κ3) is 3.63. The van der Waals surface area contributed by atoms with Gasteiger partial charge in [-0.2, -0.15) is 0 Å². The summed E-state index contributed by atoms with van der Waals surface area (Å²) in [6.07, 6.45) is 0. The molecule has 1 N–H and O–H groups in total. The van der Waals surface area contributed by atoms with Gasteiger partial charge in [0.05, 0.1) is 6.61 Å². The molecule has 122 valence electrons. The highest BCUT2D eigenvalue weighted by Gasteiger charge is 2.12. The first-order chi connectivity index (χ1) is 11.7. The molecule has 1 heterocycles. The van der Waals surface area contributed by atoms with Crippen LogP contribution in [0.4, 0.5) is 10.1 Å². The van der Waals surface area contributed by atoms with Gasteiger partial charge < -0.3 is 14.5 Å². The van der Waals surface area contributed by atoms with Crippen LogP contribution in [0.3, 0.4) is 0 Å². The second-order valence-electron chi connectivity index (χ2n) is 5.08. The molecule has 4 nitrogen and oxygen atoms in total. The highest BCUT2D eigenvalue weighted by molar-refractivity contribution is 6.02. The van der Waals surface area contributed by atoms with E-state index >= 15 is 0 Å². The number of anilines is 1. The van der Waals surface area contributed by atoms with Crippen LogP contribution in [0, 0.1) is 5.82 Å². The van der Waals surface area contributed by atoms with E-state index in [1.54, 1.807) is 48.5 Å². The van der Waals surface area contributed by atoms with Gasteiger partial charge in [0.1, 0.15) is 17.3 Å². The molecule has 1 amide bonds. The standard InChI is InChI=1S/C19H16FNO3/c1-2-23-16-9-7-15(8-10-16)21-19(22)18-12-11-17(24-18)13-3-5-14(20)6-4-13/h3-12H,2H2,1H3,(H,21,22). The molecule has 0 atom stereocenters. The Hall–Kier alpha value is -3.08. The van der Waals surface area contributed by atoms with E-state index < -0.39 is 0 Å². The van der Waals surface area contributed by atoms with E-state index in [-0.39, 0.29) is 17.5 Å². The third-order valence-corrected chi connectivity index (χ3v) is 3.38. The van der Waals surface area contributed by atoms with Crippen molar-refractivity contribution >= 4 is 11.6 Å². The van der Waals surface area contributed by atoms with E-state index in [4.69, 9.17) is 9.15 Å². The Labute approximate surface area is 138 Å². The fraction of sp³-hybridized carbons (Fsp3) is 0.105. The lowest BCUT2D eigenvalue weighted by molar-refractivity contribution is 0.0997. The molecule has 2 aromatic carbocycles. The first kappa shape index (κ1) is 15.8. The van der Waals surface area contributed by atoms with Crippen molar-refractivity contribution in [1.29, 1.82) is 0 Å². The molecule has 0 fully saturated rings. The minimum atomic E-state index is -0.354. The van der Waals surface area contributed by atoms with Crippen molar-refractivity contribution in [2.45, 2.75) is 6.92 Å². The highest BCUT2D eigenvalue weighted by Crippen LogP contribution is 2.23. The van der Waals surface area contributed by atoms with Crippen molar-refractivity contribution in [2.75, 3.05) is 11.9 Å². The summed E-state index contributed by atoms with van der Waals surface area (Å²) in [5.74, 6) is 0.758. The fourth-order valence-electron chi connectivity index (χ4n) is 2.22. The summed E-state index contributed by atoms with van der Waals surface area (Å²) in [5.41, 5.74) is 1.35. The molecule has 0 saturated carbocycles. The Balaban J connectivity index is 1.70. The Bertz CT molecular complexity index is 823. The molecule has 3 aromatic rings. The largest absolute Gasteiger partial charge is 0.494 e. The number of nitrogens with one attached hydrogen (secondary N) is 1. The Morgan fingerprint density at radius 2 is 1.75 bits per heavy atom. The van der Waals surface area contributed by atoms with Crippen molar-refractivity contribution in [3.05, 3.63) is 72.2 Å². The monoisotopic (exact) mass is 325 g/mol. The van der Waals surface area contributed by atoms with Crippen molar-refractivity contribution in [3.8, 4) is 17.1 Å². The quantitative estimate of drug-likeness (QED) is 0.737. The minimum absolute atomic E-state index is 0.184. The number of carbonyl (C=O) groups is 1. The zero-order valence-electron chi connectivity index (χ0n) is 13.1. The molecule has 0 aliphatic rings. The second-order valence-corrected chi connectivity index (χ2v) is 5.08. The molecular weight excluding hydrogens is 309 g/mol. The van der Waals surface area contributed by atoms with Crippen LogP contribution in [0.15, 0.2) is 65.1 Å². The van der Waals surface area contributed by atoms with Gasteiger partial charge in [0.15, 0.2) is 5.76 Å². The molecule has 5 heteroatoms. The Kier molecular flexibility index (Phi) is 4.61. The van der Waals surface area contributed by atoms with Crippen molar-refractivity contribution < 1.29 is 18.3 Å². The van der Waals surface area contributed by atoms with E-state index in [1.807, 2.05) is 6.92 Å². The van der Waals surface area contributed by atoms with Crippen LogP contribution in [0.5, 0.6) is 5.75 Å². The van der Waals surface area contributed by atoms with Gasteiger partial charge in [-0.15, -0.1) is 0 Å². The Morgan fingerprint density at radius 1 is 1.04 bits per heavy atom. The predicted molar refractivity (Wildman–Crippen MR) is 89.7 cm³/mol. The van der Waals surface area contributed by atoms with Crippen molar-refractivity contribution in [1.82, 2.24) is 0 Å². The summed E-state index contributed by atoms with van der Waals surface area (Å²) in [4.78, 5) is 12.2. The zero-order chi connectivity index (χ0) is 16.9. The van der Waals surface area contributed by atoms with Gasteiger partial charge in [-0.05, 0) is 67.6 Å². The average molecular weight is 325 g/mol. The van der Waals surface area contributed by atoms with Crippen LogP contribution >= 0.6 is 0 Å². The molecule has 0 aliphatic heterocycles. The number of halogens is 1. The summed E-state index contributed by atoms with van der Waals surface area (Å²) in [7, 11) is 0. The lowest BCUT2D eigenvalue weighted by Gasteiger charge is -2.06. The van der Waals surface area contributed by atoms with Crippen LogP contribution in [0.2, 0.25) is 0 Å². The van der Waals surface area contributed by atoms with Gasteiger partial charge in [0.2, 0.25) is 0 Å². The topological polar surface area (TPSA) is 51.5 Å². The minimum Gasteiger partial charge on any atom is -0.494 e. The van der Waals surface area contributed by atoms with Gasteiger partial charge in [0, 0.05) is 11.3 Å². The van der Waals surface area contributed by atoms with E-state index in [0.717, 1.165) is 5.75 Å². The van der Waals surface area contributed by atoms with Crippen LogP contribution in [-0.2, 0) is 0 Å². The lowest BCUT2D eigenvalue weighted by atomic mass is 10.2. The first-order valence-electron chi connectivity index (χ1n) is 7.55. The third-order valence-electron chi connectivity index (χ3n) is 3.38. The van der Waals surface area contributed by atoms with Gasteiger partial charge in [-0.25, -0.2) is 4.39 Å². The maximum atomic E-state index is 13.0. The zero-order valence-corrected chi connectivity index (χ0v) is 13.1. The normalized spacial score (nSPS) is 10.4. The molecule has 0 bridgehead atoms. The summed E-state index contributed by atoms with van der Waals surface area (Å²) in [6.45, 7) is 2.50. The molecule has 0 saturated heterocycles. The fourth-order valence-corrected chi connectivity index (χ4v) is 2.22. The van der Waals surface area contributed by atoms with Crippen LogP contribution in [0.1, 0.15) is 17.5 Å². The van der Waals surface area contributed by atoms with Gasteiger partial charge >= 0.3 is 0 Å². The van der Waals surface area contributed by atoms with Gasteiger partial charge in [0.25, 0.3) is 5.91 Å². The van der Waals surface area contributed by atoms with Crippen LogP contribution in [-0.4, -0.2) is 12.5 Å². The predicted octanol–water partition coefficient (Wildman–Crippen LogP) is 4.74. The number of amides is 1. The van der Waals surface area contributed by atoms with E-state index in [2.05, 4.69) is 5.32 Å². The summed E-state index contributed by atoms with van der Waals surface area (Å²) in [6, 6.07) is 16.2. The van der Waals surface area contributed by atoms with Crippen LogP contribution < -0.4 is 10.1 Å². The SMILES string of the molecule is CCOc1ccc(NC(=O)c2ccc(-c3ccc(F)cc3)o2)cc1. The van der Waals surface area contributed by atoms with Crippen molar-refractivity contribution in [2.24, 2.45) is 0 Å². The van der Waals surface area contributed by atoms with E-state index in [0.29, 0.717) is 23.6 Å². The lowest BCUT2D eigenvalue weighted by Crippen LogP contribution is -2.10. The van der Waals surface area contributed by atoms with Crippen molar-refractivity contribution in [3.63, 3.8) is 0 Å². The van der Waals surface area contributed by atoms with E-state index in [9.17, 15) is 9.18 Å². The smallest absolute Gasteiger partial charge is 0.291 e. The number of hydrogen-bond acceptors (Lipinski definition) is 3.